The molecule has 0 bridgehead atoms. The fraction of sp³-hybridized carbons (Fsp3) is 0.727. The highest BCUT2D eigenvalue weighted by atomic mass is 32.1. The molecule has 26 heavy (non-hydrogen) atoms. The molecule has 0 radical (unpaired) electrons. The Balaban J connectivity index is 2.16. The van der Waals surface area contributed by atoms with Crippen LogP contribution < -0.4 is 0 Å². The lowest BCUT2D eigenvalue weighted by molar-refractivity contribution is 0.338. The molecule has 0 saturated heterocycles. The first-order valence-electron chi connectivity index (χ1n) is 9.82. The van der Waals surface area contributed by atoms with Crippen LogP contribution in [0.1, 0.15) is 108 Å². The van der Waals surface area contributed by atoms with Gasteiger partial charge in [-0.2, -0.15) is 0 Å². The molecule has 4 heteroatoms. The molecule has 2 rings (SSSR count). The highest BCUT2D eigenvalue weighted by molar-refractivity contribution is 7.12. The minimum absolute atomic E-state index is 0.0987. The topological polar surface area (TPSA) is 25.8 Å². The predicted octanol–water partition coefficient (Wildman–Crippen LogP) is 7.45. The summed E-state index contributed by atoms with van der Waals surface area (Å²) in [5, 5.41) is 4.81. The van der Waals surface area contributed by atoms with Crippen molar-refractivity contribution in [1.29, 1.82) is 0 Å². The molecule has 1 unspecified atom stereocenters. The standard InChI is InChI=1S/C22H36N2S2/c1-10-22(9,16-14-25-18(24-16)15(2)3)12-11-21(7,8)19-23-13-17(26-19)20(4,5)6/h13-15H,10-12H2,1-9H3. The zero-order valence-electron chi connectivity index (χ0n) is 18.1. The Morgan fingerprint density at radius 1 is 1.04 bits per heavy atom. The summed E-state index contributed by atoms with van der Waals surface area (Å²) in [5.74, 6) is 0.512. The molecule has 0 aliphatic heterocycles. The largest absolute Gasteiger partial charge is 0.249 e. The zero-order chi connectivity index (χ0) is 19.8. The molecule has 2 heterocycles. The lowest BCUT2D eigenvalue weighted by Crippen LogP contribution is -2.26. The normalized spacial score (nSPS) is 15.5. The third kappa shape index (κ3) is 4.75. The Morgan fingerprint density at radius 3 is 2.15 bits per heavy atom. The van der Waals surface area contributed by atoms with Crippen LogP contribution in [-0.2, 0) is 16.2 Å². The van der Waals surface area contributed by atoms with Gasteiger partial charge < -0.3 is 0 Å². The average molecular weight is 393 g/mol. The van der Waals surface area contributed by atoms with Crippen molar-refractivity contribution in [3.8, 4) is 0 Å². The second-order valence-corrected chi connectivity index (χ2v) is 11.7. The van der Waals surface area contributed by atoms with Gasteiger partial charge in [0.15, 0.2) is 0 Å². The number of rotatable bonds is 7. The molecule has 0 spiro atoms. The average Bonchev–Trinajstić information content (AvgIpc) is 3.21. The number of hydrogen-bond acceptors (Lipinski definition) is 4. The summed E-state index contributed by atoms with van der Waals surface area (Å²) in [6.45, 7) is 20.6. The first kappa shape index (κ1) is 21.6. The predicted molar refractivity (Wildman–Crippen MR) is 117 cm³/mol. The summed E-state index contributed by atoms with van der Waals surface area (Å²) in [6.07, 6.45) is 5.47. The molecule has 0 aromatic carbocycles. The van der Waals surface area contributed by atoms with Crippen molar-refractivity contribution in [3.05, 3.63) is 32.2 Å². The fourth-order valence-electron chi connectivity index (χ4n) is 2.95. The first-order valence-corrected chi connectivity index (χ1v) is 11.5. The van der Waals surface area contributed by atoms with E-state index in [1.165, 1.54) is 20.6 Å². The van der Waals surface area contributed by atoms with Crippen LogP contribution in [0, 0.1) is 0 Å². The van der Waals surface area contributed by atoms with Gasteiger partial charge in [-0.25, -0.2) is 9.97 Å². The lowest BCUT2D eigenvalue weighted by atomic mass is 9.75. The third-order valence-corrected chi connectivity index (χ3v) is 8.47. The van der Waals surface area contributed by atoms with Crippen LogP contribution in [0.25, 0.3) is 0 Å². The molecule has 0 amide bonds. The zero-order valence-corrected chi connectivity index (χ0v) is 19.7. The lowest BCUT2D eigenvalue weighted by Gasteiger charge is -2.31. The summed E-state index contributed by atoms with van der Waals surface area (Å²) >= 11 is 3.70. The van der Waals surface area contributed by atoms with E-state index >= 15 is 0 Å². The summed E-state index contributed by atoms with van der Waals surface area (Å²) in [5.41, 5.74) is 1.70. The van der Waals surface area contributed by atoms with Gasteiger partial charge in [0.2, 0.25) is 0 Å². The second-order valence-electron chi connectivity index (χ2n) is 9.80. The van der Waals surface area contributed by atoms with Crippen LogP contribution in [-0.4, -0.2) is 9.97 Å². The van der Waals surface area contributed by atoms with Crippen molar-refractivity contribution in [2.24, 2.45) is 0 Å². The Morgan fingerprint density at radius 2 is 1.69 bits per heavy atom. The number of thiazole rings is 2. The number of nitrogens with zero attached hydrogens (tertiary/aromatic N) is 2. The van der Waals surface area contributed by atoms with Crippen LogP contribution in [0.15, 0.2) is 11.6 Å². The molecule has 146 valence electrons. The fourth-order valence-corrected chi connectivity index (χ4v) is 5.04. The molecule has 0 fully saturated rings. The molecule has 2 nitrogen and oxygen atoms in total. The highest BCUT2D eigenvalue weighted by Crippen LogP contribution is 2.41. The smallest absolute Gasteiger partial charge is 0.0984 e. The van der Waals surface area contributed by atoms with Gasteiger partial charge in [-0.15, -0.1) is 22.7 Å². The second kappa shape index (κ2) is 7.71. The minimum atomic E-state index is 0.0987. The van der Waals surface area contributed by atoms with E-state index in [0.717, 1.165) is 19.3 Å². The minimum Gasteiger partial charge on any atom is -0.249 e. The Kier molecular flexibility index (Phi) is 6.39. The first-order chi connectivity index (χ1) is 11.9. The Bertz CT molecular complexity index is 719. The van der Waals surface area contributed by atoms with E-state index in [4.69, 9.17) is 9.97 Å². The third-order valence-electron chi connectivity index (χ3n) is 5.54. The van der Waals surface area contributed by atoms with Gasteiger partial charge in [-0.3, -0.25) is 0 Å². The Hall–Kier alpha value is -0.740. The SMILES string of the molecule is CCC(C)(CCC(C)(C)c1ncc(C(C)(C)C)s1)c1csc(C(C)C)n1. The van der Waals surface area contributed by atoms with Gasteiger partial charge in [0.25, 0.3) is 0 Å². The molecule has 1 atom stereocenters. The van der Waals surface area contributed by atoms with Gasteiger partial charge in [-0.05, 0) is 24.7 Å². The van der Waals surface area contributed by atoms with E-state index < -0.39 is 0 Å². The van der Waals surface area contributed by atoms with Crippen molar-refractivity contribution < 1.29 is 0 Å². The van der Waals surface area contributed by atoms with Crippen molar-refractivity contribution in [2.45, 2.75) is 104 Å². The van der Waals surface area contributed by atoms with Crippen LogP contribution in [0.4, 0.5) is 0 Å². The van der Waals surface area contributed by atoms with Gasteiger partial charge in [0.1, 0.15) is 0 Å². The van der Waals surface area contributed by atoms with Crippen molar-refractivity contribution in [2.75, 3.05) is 0 Å². The maximum atomic E-state index is 4.97. The molecule has 0 aliphatic rings. The maximum absolute atomic E-state index is 4.97. The van der Waals surface area contributed by atoms with E-state index in [-0.39, 0.29) is 16.2 Å². The molecule has 2 aromatic rings. The van der Waals surface area contributed by atoms with Crippen LogP contribution in [0.2, 0.25) is 0 Å². The number of hydrogen-bond donors (Lipinski definition) is 0. The van der Waals surface area contributed by atoms with E-state index in [9.17, 15) is 0 Å². The molecule has 0 N–H and O–H groups in total. The van der Waals surface area contributed by atoms with Gasteiger partial charge in [0, 0.05) is 33.2 Å². The highest BCUT2D eigenvalue weighted by Gasteiger charge is 2.33. The van der Waals surface area contributed by atoms with Crippen LogP contribution in [0.5, 0.6) is 0 Å². The summed E-state index contributed by atoms with van der Waals surface area (Å²) < 4.78 is 0. The summed E-state index contributed by atoms with van der Waals surface area (Å²) in [6, 6.07) is 0. The summed E-state index contributed by atoms with van der Waals surface area (Å²) in [4.78, 5) is 11.1. The van der Waals surface area contributed by atoms with Crippen molar-refractivity contribution in [3.63, 3.8) is 0 Å². The molecule has 2 aromatic heterocycles. The Labute approximate surface area is 168 Å². The van der Waals surface area contributed by atoms with E-state index in [1.807, 2.05) is 22.7 Å². The van der Waals surface area contributed by atoms with E-state index in [0.29, 0.717) is 5.92 Å². The van der Waals surface area contributed by atoms with Crippen molar-refractivity contribution >= 4 is 22.7 Å². The maximum Gasteiger partial charge on any atom is 0.0984 e. The molecular formula is C22H36N2S2. The van der Waals surface area contributed by atoms with Gasteiger partial charge in [0.05, 0.1) is 15.7 Å². The molecular weight excluding hydrogens is 356 g/mol. The molecule has 0 saturated carbocycles. The van der Waals surface area contributed by atoms with Gasteiger partial charge in [-0.1, -0.05) is 62.3 Å². The molecule has 0 aliphatic carbocycles. The number of aromatic nitrogens is 2. The van der Waals surface area contributed by atoms with Gasteiger partial charge >= 0.3 is 0 Å². The summed E-state index contributed by atoms with van der Waals surface area (Å²) in [7, 11) is 0. The van der Waals surface area contributed by atoms with E-state index in [2.05, 4.69) is 73.9 Å². The van der Waals surface area contributed by atoms with Crippen LogP contribution >= 0.6 is 22.7 Å². The van der Waals surface area contributed by atoms with Crippen molar-refractivity contribution in [1.82, 2.24) is 9.97 Å². The quantitative estimate of drug-likeness (QED) is 0.489. The van der Waals surface area contributed by atoms with Crippen LogP contribution in [0.3, 0.4) is 0 Å². The van der Waals surface area contributed by atoms with E-state index in [1.54, 1.807) is 0 Å². The monoisotopic (exact) mass is 392 g/mol.